The van der Waals surface area contributed by atoms with E-state index >= 15 is 0 Å². The first-order valence-corrected chi connectivity index (χ1v) is 4.66. The fourth-order valence-electron chi connectivity index (χ4n) is 1.93. The molecule has 0 spiro atoms. The highest BCUT2D eigenvalue weighted by Gasteiger charge is 2.41. The van der Waals surface area contributed by atoms with Gasteiger partial charge in [-0.2, -0.15) is 13.2 Å². The van der Waals surface area contributed by atoms with Crippen LogP contribution in [0.2, 0.25) is 0 Å². The molecule has 0 aliphatic heterocycles. The van der Waals surface area contributed by atoms with E-state index in [0.29, 0.717) is 12.8 Å². The Morgan fingerprint density at radius 1 is 1.15 bits per heavy atom. The second-order valence-corrected chi connectivity index (χ2v) is 3.89. The van der Waals surface area contributed by atoms with Crippen LogP contribution in [0.1, 0.15) is 32.6 Å². The van der Waals surface area contributed by atoms with E-state index in [2.05, 4.69) is 0 Å². The minimum absolute atomic E-state index is 0.0681. The van der Waals surface area contributed by atoms with Crippen LogP contribution in [-0.2, 0) is 0 Å². The molecule has 0 amide bonds. The Hall–Kier alpha value is -0.250. The quantitative estimate of drug-likeness (QED) is 0.683. The molecule has 1 aliphatic rings. The van der Waals surface area contributed by atoms with Gasteiger partial charge in [0, 0.05) is 0 Å². The summed E-state index contributed by atoms with van der Waals surface area (Å²) in [5.41, 5.74) is 0. The summed E-state index contributed by atoms with van der Waals surface area (Å²) in [6.45, 7) is 1.65. The molecule has 0 aromatic rings. The zero-order chi connectivity index (χ0) is 10.1. The van der Waals surface area contributed by atoms with Crippen molar-refractivity contribution >= 4 is 0 Å². The molecule has 0 bridgehead atoms. The van der Waals surface area contributed by atoms with Crippen LogP contribution in [0.4, 0.5) is 13.2 Å². The van der Waals surface area contributed by atoms with Gasteiger partial charge in [-0.3, -0.25) is 0 Å². The number of rotatable bonds is 1. The minimum atomic E-state index is -4.04. The molecule has 4 heteroatoms. The number of aliphatic hydroxyl groups excluding tert-OH is 1. The summed E-state index contributed by atoms with van der Waals surface area (Å²) in [5, 5.41) is 9.18. The Labute approximate surface area is 75.9 Å². The van der Waals surface area contributed by atoms with Gasteiger partial charge in [0.15, 0.2) is 0 Å². The average molecular weight is 196 g/mol. The molecule has 1 saturated carbocycles. The van der Waals surface area contributed by atoms with Crippen LogP contribution in [0.5, 0.6) is 0 Å². The molecule has 0 saturated heterocycles. The molecule has 0 unspecified atom stereocenters. The predicted octanol–water partition coefficient (Wildman–Crippen LogP) is 2.74. The molecule has 1 fully saturated rings. The number of alkyl halides is 3. The molecule has 1 N–H and O–H groups in total. The Bertz CT molecular complexity index is 157. The molecule has 1 aliphatic carbocycles. The van der Waals surface area contributed by atoms with Crippen molar-refractivity contribution in [1.82, 2.24) is 0 Å². The van der Waals surface area contributed by atoms with E-state index < -0.39 is 18.2 Å². The Morgan fingerprint density at radius 3 is 1.92 bits per heavy atom. The van der Waals surface area contributed by atoms with Crippen LogP contribution in [-0.4, -0.2) is 17.4 Å². The lowest BCUT2D eigenvalue weighted by atomic mass is 9.79. The van der Waals surface area contributed by atoms with E-state index in [9.17, 15) is 18.3 Å². The Kier molecular flexibility index (Phi) is 3.22. The van der Waals surface area contributed by atoms with Gasteiger partial charge in [0.1, 0.15) is 0 Å². The molecular weight excluding hydrogens is 181 g/mol. The summed E-state index contributed by atoms with van der Waals surface area (Å²) < 4.78 is 36.6. The molecule has 0 aromatic carbocycles. The molecular formula is C9H15F3O. The molecule has 1 atom stereocenters. The third kappa shape index (κ3) is 2.86. The van der Waals surface area contributed by atoms with Crippen molar-refractivity contribution in [1.29, 1.82) is 0 Å². The highest BCUT2D eigenvalue weighted by molar-refractivity contribution is 4.79. The summed E-state index contributed by atoms with van der Waals surface area (Å²) in [4.78, 5) is 0. The maximum Gasteiger partial charge on any atom is 0.391 e. The topological polar surface area (TPSA) is 20.2 Å². The van der Waals surface area contributed by atoms with Gasteiger partial charge < -0.3 is 5.11 Å². The Balaban J connectivity index is 2.39. The zero-order valence-electron chi connectivity index (χ0n) is 7.64. The third-order valence-corrected chi connectivity index (χ3v) is 2.92. The first-order chi connectivity index (χ1) is 5.91. The van der Waals surface area contributed by atoms with Gasteiger partial charge in [-0.15, -0.1) is 0 Å². The number of hydrogen-bond donors (Lipinski definition) is 1. The van der Waals surface area contributed by atoms with E-state index in [4.69, 9.17) is 0 Å². The third-order valence-electron chi connectivity index (χ3n) is 2.92. The van der Waals surface area contributed by atoms with Crippen LogP contribution in [0.25, 0.3) is 0 Å². The first-order valence-electron chi connectivity index (χ1n) is 4.66. The monoisotopic (exact) mass is 196 g/mol. The van der Waals surface area contributed by atoms with Gasteiger partial charge in [0.25, 0.3) is 0 Å². The standard InChI is InChI=1S/C9H15F3O/c1-6(13)7-2-4-8(5-3-7)9(10,11)12/h6-8,13H,2-5H2,1H3/t6-,7-,8-/m1/s1. The first kappa shape index (κ1) is 10.8. The maximum absolute atomic E-state index is 12.2. The van der Waals surface area contributed by atoms with Crippen molar-refractivity contribution in [3.05, 3.63) is 0 Å². The summed E-state index contributed by atoms with van der Waals surface area (Å²) in [5.74, 6) is -1.07. The minimum Gasteiger partial charge on any atom is -0.393 e. The number of hydrogen-bond acceptors (Lipinski definition) is 1. The van der Waals surface area contributed by atoms with Gasteiger partial charge in [-0.25, -0.2) is 0 Å². The summed E-state index contributed by atoms with van der Waals surface area (Å²) >= 11 is 0. The van der Waals surface area contributed by atoms with Gasteiger partial charge in [-0.1, -0.05) is 0 Å². The molecule has 0 radical (unpaired) electrons. The molecule has 13 heavy (non-hydrogen) atoms. The van der Waals surface area contributed by atoms with Gasteiger partial charge >= 0.3 is 6.18 Å². The van der Waals surface area contributed by atoms with E-state index in [1.807, 2.05) is 0 Å². The number of halogens is 3. The SMILES string of the molecule is C[C@@H](O)[C@H]1CC[C@H](C(F)(F)F)CC1. The van der Waals surface area contributed by atoms with Crippen LogP contribution < -0.4 is 0 Å². The van der Waals surface area contributed by atoms with Crippen molar-refractivity contribution < 1.29 is 18.3 Å². The average Bonchev–Trinajstić information content (AvgIpc) is 2.03. The number of aliphatic hydroxyl groups is 1. The van der Waals surface area contributed by atoms with E-state index in [-0.39, 0.29) is 18.8 Å². The summed E-state index contributed by atoms with van der Waals surface area (Å²) in [7, 11) is 0. The largest absolute Gasteiger partial charge is 0.393 e. The maximum atomic E-state index is 12.2. The predicted molar refractivity (Wildman–Crippen MR) is 43.2 cm³/mol. The highest BCUT2D eigenvalue weighted by atomic mass is 19.4. The van der Waals surface area contributed by atoms with Crippen LogP contribution in [0, 0.1) is 11.8 Å². The molecule has 1 rings (SSSR count). The molecule has 0 aromatic heterocycles. The lowest BCUT2D eigenvalue weighted by Crippen LogP contribution is -2.30. The second kappa shape index (κ2) is 3.86. The fraction of sp³-hybridized carbons (Fsp3) is 1.00. The van der Waals surface area contributed by atoms with Crippen molar-refractivity contribution in [3.8, 4) is 0 Å². The van der Waals surface area contributed by atoms with Crippen molar-refractivity contribution in [2.45, 2.75) is 44.9 Å². The summed E-state index contributed by atoms with van der Waals surface area (Å²) in [6, 6.07) is 0. The normalized spacial score (nSPS) is 33.0. The zero-order valence-corrected chi connectivity index (χ0v) is 7.64. The van der Waals surface area contributed by atoms with E-state index in [1.54, 1.807) is 6.92 Å². The molecule has 1 nitrogen and oxygen atoms in total. The van der Waals surface area contributed by atoms with Crippen molar-refractivity contribution in [3.63, 3.8) is 0 Å². The molecule has 0 heterocycles. The van der Waals surface area contributed by atoms with Crippen LogP contribution in [0.15, 0.2) is 0 Å². The summed E-state index contributed by atoms with van der Waals surface area (Å²) in [6.07, 6.45) is -3.14. The van der Waals surface area contributed by atoms with Gasteiger partial charge in [-0.05, 0) is 38.5 Å². The van der Waals surface area contributed by atoms with Crippen molar-refractivity contribution in [2.75, 3.05) is 0 Å². The van der Waals surface area contributed by atoms with E-state index in [0.717, 1.165) is 0 Å². The lowest BCUT2D eigenvalue weighted by molar-refractivity contribution is -0.185. The Morgan fingerprint density at radius 2 is 1.62 bits per heavy atom. The smallest absolute Gasteiger partial charge is 0.391 e. The molecule has 78 valence electrons. The van der Waals surface area contributed by atoms with Gasteiger partial charge in [0.05, 0.1) is 12.0 Å². The lowest BCUT2D eigenvalue weighted by Gasteiger charge is -2.31. The van der Waals surface area contributed by atoms with Gasteiger partial charge in [0.2, 0.25) is 0 Å². The fourth-order valence-corrected chi connectivity index (χ4v) is 1.93. The van der Waals surface area contributed by atoms with Crippen LogP contribution >= 0.6 is 0 Å². The van der Waals surface area contributed by atoms with Crippen LogP contribution in [0.3, 0.4) is 0 Å². The van der Waals surface area contributed by atoms with Crippen molar-refractivity contribution in [2.24, 2.45) is 11.8 Å². The second-order valence-electron chi connectivity index (χ2n) is 3.89. The van der Waals surface area contributed by atoms with E-state index in [1.165, 1.54) is 0 Å². The highest BCUT2D eigenvalue weighted by Crippen LogP contribution is 2.40.